The van der Waals surface area contributed by atoms with Crippen molar-refractivity contribution in [3.05, 3.63) is 24.3 Å². The molecule has 1 aliphatic carbocycles. The predicted octanol–water partition coefficient (Wildman–Crippen LogP) is 0.693. The van der Waals surface area contributed by atoms with Crippen LogP contribution in [-0.4, -0.2) is 29.5 Å². The Bertz CT molecular complexity index is 418. The highest BCUT2D eigenvalue weighted by atomic mass is 16.2. The molecule has 2 aliphatic rings. The van der Waals surface area contributed by atoms with E-state index in [1.165, 1.54) is 19.2 Å². The molecular formula is C12H13NO3. The number of likely N-dealkylation sites (tertiary alicyclic amines) is 1. The molecule has 0 radical (unpaired) electrons. The van der Waals surface area contributed by atoms with Crippen molar-refractivity contribution in [2.75, 3.05) is 7.05 Å². The maximum Gasteiger partial charge on any atom is 0.233 e. The third kappa shape index (κ3) is 1.50. The van der Waals surface area contributed by atoms with E-state index in [4.69, 9.17) is 0 Å². The summed E-state index contributed by atoms with van der Waals surface area (Å²) in [7, 11) is 1.50. The summed E-state index contributed by atoms with van der Waals surface area (Å²) in [4.78, 5) is 35.5. The van der Waals surface area contributed by atoms with Crippen LogP contribution in [0.15, 0.2) is 24.3 Å². The third-order valence-electron chi connectivity index (χ3n) is 3.35. The number of allylic oxidation sites excluding steroid dienone is 4. The van der Waals surface area contributed by atoms with Gasteiger partial charge in [-0.1, -0.05) is 19.1 Å². The van der Waals surface area contributed by atoms with Crippen molar-refractivity contribution in [2.24, 2.45) is 11.3 Å². The van der Waals surface area contributed by atoms with Crippen LogP contribution in [0.3, 0.4) is 0 Å². The lowest BCUT2D eigenvalue weighted by Gasteiger charge is -2.28. The van der Waals surface area contributed by atoms with Crippen LogP contribution in [0, 0.1) is 11.3 Å². The van der Waals surface area contributed by atoms with Gasteiger partial charge in [0.2, 0.25) is 11.8 Å². The summed E-state index contributed by atoms with van der Waals surface area (Å²) in [6.45, 7) is 1.86. The van der Waals surface area contributed by atoms with Gasteiger partial charge in [-0.15, -0.1) is 0 Å². The topological polar surface area (TPSA) is 54.5 Å². The number of hydrogen-bond donors (Lipinski definition) is 0. The van der Waals surface area contributed by atoms with Crippen molar-refractivity contribution in [3.63, 3.8) is 0 Å². The van der Waals surface area contributed by atoms with E-state index in [0.29, 0.717) is 0 Å². The van der Waals surface area contributed by atoms with Gasteiger partial charge in [-0.05, 0) is 12.2 Å². The quantitative estimate of drug-likeness (QED) is 0.610. The summed E-state index contributed by atoms with van der Waals surface area (Å²) >= 11 is 0. The SMILES string of the molecule is CN1C(=O)CC(C2(C)C=CC(=O)C=C2)C1=O. The normalized spacial score (nSPS) is 28.0. The number of amides is 2. The van der Waals surface area contributed by atoms with E-state index in [9.17, 15) is 14.4 Å². The zero-order valence-electron chi connectivity index (χ0n) is 9.27. The van der Waals surface area contributed by atoms with Crippen LogP contribution in [0.5, 0.6) is 0 Å². The number of nitrogens with zero attached hydrogens (tertiary/aromatic N) is 1. The monoisotopic (exact) mass is 219 g/mol. The number of rotatable bonds is 1. The minimum Gasteiger partial charge on any atom is -0.290 e. The standard InChI is InChI=1S/C12H13NO3/c1-12(5-3-8(14)4-6-12)9-7-10(15)13(2)11(9)16/h3-6,9H,7H2,1-2H3. The number of carbonyl (C=O) groups is 3. The zero-order valence-corrected chi connectivity index (χ0v) is 9.27. The molecule has 0 saturated carbocycles. The minimum absolute atomic E-state index is 0.0809. The Morgan fingerprint density at radius 3 is 2.25 bits per heavy atom. The minimum atomic E-state index is -0.522. The molecule has 1 fully saturated rings. The van der Waals surface area contributed by atoms with Crippen molar-refractivity contribution in [3.8, 4) is 0 Å². The van der Waals surface area contributed by atoms with Gasteiger partial charge < -0.3 is 0 Å². The Balaban J connectivity index is 2.30. The van der Waals surface area contributed by atoms with Crippen LogP contribution in [0.4, 0.5) is 0 Å². The van der Waals surface area contributed by atoms with Gasteiger partial charge in [0.15, 0.2) is 5.78 Å². The maximum atomic E-state index is 11.9. The number of imide groups is 1. The lowest BCUT2D eigenvalue weighted by Crippen LogP contribution is -2.33. The molecule has 84 valence electrons. The summed E-state index contributed by atoms with van der Waals surface area (Å²) in [6, 6.07) is 0. The lowest BCUT2D eigenvalue weighted by molar-refractivity contribution is -0.138. The summed E-state index contributed by atoms with van der Waals surface area (Å²) in [6.07, 6.45) is 6.55. The molecule has 0 aromatic carbocycles. The van der Waals surface area contributed by atoms with Gasteiger partial charge in [0.05, 0.1) is 5.92 Å². The van der Waals surface area contributed by atoms with Crippen molar-refractivity contribution < 1.29 is 14.4 Å². The lowest BCUT2D eigenvalue weighted by atomic mass is 9.73. The van der Waals surface area contributed by atoms with Crippen LogP contribution in [0.25, 0.3) is 0 Å². The highest BCUT2D eigenvalue weighted by molar-refractivity contribution is 6.05. The molecule has 1 heterocycles. The molecule has 0 spiro atoms. The smallest absolute Gasteiger partial charge is 0.233 e. The summed E-state index contributed by atoms with van der Waals surface area (Å²) in [5, 5.41) is 0. The highest BCUT2D eigenvalue weighted by Gasteiger charge is 2.45. The predicted molar refractivity (Wildman–Crippen MR) is 57.3 cm³/mol. The second-order valence-corrected chi connectivity index (χ2v) is 4.48. The Labute approximate surface area is 93.6 Å². The van der Waals surface area contributed by atoms with Gasteiger partial charge in [-0.3, -0.25) is 19.3 Å². The van der Waals surface area contributed by atoms with E-state index in [-0.39, 0.29) is 29.9 Å². The molecule has 1 saturated heterocycles. The zero-order chi connectivity index (χ0) is 11.9. The Kier molecular flexibility index (Phi) is 2.30. The van der Waals surface area contributed by atoms with Crippen LogP contribution in [-0.2, 0) is 14.4 Å². The Morgan fingerprint density at radius 2 is 1.81 bits per heavy atom. The fourth-order valence-corrected chi connectivity index (χ4v) is 2.11. The van der Waals surface area contributed by atoms with Crippen molar-refractivity contribution in [1.29, 1.82) is 0 Å². The molecule has 0 aromatic heterocycles. The average molecular weight is 219 g/mol. The van der Waals surface area contributed by atoms with E-state index < -0.39 is 5.41 Å². The molecule has 0 bridgehead atoms. The first kappa shape index (κ1) is 10.8. The molecule has 0 N–H and O–H groups in total. The van der Waals surface area contributed by atoms with Crippen LogP contribution >= 0.6 is 0 Å². The molecule has 1 atom stereocenters. The Morgan fingerprint density at radius 1 is 1.25 bits per heavy atom. The first-order valence-corrected chi connectivity index (χ1v) is 5.17. The van der Waals surface area contributed by atoms with Crippen LogP contribution in [0.2, 0.25) is 0 Å². The van der Waals surface area contributed by atoms with Gasteiger partial charge in [0, 0.05) is 18.9 Å². The highest BCUT2D eigenvalue weighted by Crippen LogP contribution is 2.39. The van der Waals surface area contributed by atoms with Gasteiger partial charge in [-0.25, -0.2) is 0 Å². The number of carbonyl (C=O) groups excluding carboxylic acids is 3. The summed E-state index contributed by atoms with van der Waals surface area (Å²) < 4.78 is 0. The maximum absolute atomic E-state index is 11.9. The molecular weight excluding hydrogens is 206 g/mol. The number of hydrogen-bond acceptors (Lipinski definition) is 3. The first-order valence-electron chi connectivity index (χ1n) is 5.17. The van der Waals surface area contributed by atoms with Crippen molar-refractivity contribution >= 4 is 17.6 Å². The molecule has 1 aliphatic heterocycles. The van der Waals surface area contributed by atoms with E-state index in [1.54, 1.807) is 12.2 Å². The van der Waals surface area contributed by atoms with Crippen LogP contribution < -0.4 is 0 Å². The molecule has 4 nitrogen and oxygen atoms in total. The molecule has 1 unspecified atom stereocenters. The van der Waals surface area contributed by atoms with E-state index >= 15 is 0 Å². The summed E-state index contributed by atoms with van der Waals surface area (Å²) in [5.74, 6) is -0.792. The molecule has 0 aromatic rings. The summed E-state index contributed by atoms with van der Waals surface area (Å²) in [5.41, 5.74) is -0.522. The van der Waals surface area contributed by atoms with Gasteiger partial charge in [0.1, 0.15) is 0 Å². The fourth-order valence-electron chi connectivity index (χ4n) is 2.11. The molecule has 2 rings (SSSR count). The van der Waals surface area contributed by atoms with Gasteiger partial charge in [-0.2, -0.15) is 0 Å². The molecule has 16 heavy (non-hydrogen) atoms. The molecule has 4 heteroatoms. The van der Waals surface area contributed by atoms with E-state index in [0.717, 1.165) is 4.90 Å². The van der Waals surface area contributed by atoms with E-state index in [1.807, 2.05) is 6.92 Å². The van der Waals surface area contributed by atoms with E-state index in [2.05, 4.69) is 0 Å². The third-order valence-corrected chi connectivity index (χ3v) is 3.35. The first-order chi connectivity index (χ1) is 7.44. The van der Waals surface area contributed by atoms with Crippen molar-refractivity contribution in [1.82, 2.24) is 4.90 Å². The number of ketones is 1. The van der Waals surface area contributed by atoms with Crippen LogP contribution in [0.1, 0.15) is 13.3 Å². The fraction of sp³-hybridized carbons (Fsp3) is 0.417. The largest absolute Gasteiger partial charge is 0.290 e. The van der Waals surface area contributed by atoms with Gasteiger partial charge in [0.25, 0.3) is 0 Å². The second-order valence-electron chi connectivity index (χ2n) is 4.48. The second kappa shape index (κ2) is 3.40. The molecule has 2 amide bonds. The Hall–Kier alpha value is -1.71. The van der Waals surface area contributed by atoms with Crippen molar-refractivity contribution in [2.45, 2.75) is 13.3 Å². The van der Waals surface area contributed by atoms with Gasteiger partial charge >= 0.3 is 0 Å². The average Bonchev–Trinajstić information content (AvgIpc) is 2.51.